The number of carbonyl (C=O) groups excluding carboxylic acids is 2. The van der Waals surface area contributed by atoms with Gasteiger partial charge >= 0.3 is 5.97 Å². The lowest BCUT2D eigenvalue weighted by molar-refractivity contribution is -0.143. The Morgan fingerprint density at radius 2 is 2.06 bits per heavy atom. The molecule has 0 radical (unpaired) electrons. The van der Waals surface area contributed by atoms with E-state index in [4.69, 9.17) is 4.74 Å². The molecule has 0 amide bonds. The highest BCUT2D eigenvalue weighted by Gasteiger charge is 2.17. The van der Waals surface area contributed by atoms with Crippen molar-refractivity contribution in [3.05, 3.63) is 24.3 Å². The van der Waals surface area contributed by atoms with Crippen molar-refractivity contribution < 1.29 is 14.3 Å². The normalized spacial score (nSPS) is 15.2. The average Bonchev–Trinajstić information content (AvgIpc) is 2.30. The van der Waals surface area contributed by atoms with E-state index < -0.39 is 0 Å². The van der Waals surface area contributed by atoms with Gasteiger partial charge < -0.3 is 9.64 Å². The van der Waals surface area contributed by atoms with Crippen LogP contribution in [0.3, 0.4) is 0 Å². The lowest BCUT2D eigenvalue weighted by Gasteiger charge is -2.27. The summed E-state index contributed by atoms with van der Waals surface area (Å²) in [6.07, 6.45) is 1.48. The molecule has 1 fully saturated rings. The molecule has 0 spiro atoms. The Bertz CT molecular complexity index is 435. The van der Waals surface area contributed by atoms with Crippen LogP contribution in [0, 0.1) is 0 Å². The number of ether oxygens (including phenoxy) is 1. The number of rotatable bonds is 2. The molecule has 16 heavy (non-hydrogen) atoms. The predicted octanol–water partition coefficient (Wildman–Crippen LogP) is 1.02. The van der Waals surface area contributed by atoms with E-state index in [0.29, 0.717) is 18.8 Å². The molecule has 1 saturated heterocycles. The van der Waals surface area contributed by atoms with Crippen molar-refractivity contribution in [2.75, 3.05) is 24.6 Å². The highest BCUT2D eigenvalue weighted by atomic mass is 16.5. The summed E-state index contributed by atoms with van der Waals surface area (Å²) >= 11 is 0. The van der Waals surface area contributed by atoms with E-state index in [0.717, 1.165) is 5.69 Å². The topological polar surface area (TPSA) is 59.0 Å². The van der Waals surface area contributed by atoms with Crippen LogP contribution >= 0.6 is 0 Å². The Morgan fingerprint density at radius 3 is 2.69 bits per heavy atom. The smallest absolute Gasteiger partial charge is 0.325 e. The quantitative estimate of drug-likeness (QED) is 0.422. The minimum absolute atomic E-state index is 0.221. The van der Waals surface area contributed by atoms with Gasteiger partial charge in [0.15, 0.2) is 0 Å². The second-order valence-corrected chi connectivity index (χ2v) is 3.36. The monoisotopic (exact) mass is 218 g/mol. The van der Waals surface area contributed by atoms with Crippen molar-refractivity contribution in [1.29, 1.82) is 0 Å². The molecular weight excluding hydrogens is 208 g/mol. The molecule has 1 aromatic rings. The molecule has 1 aliphatic heterocycles. The highest BCUT2D eigenvalue weighted by Crippen LogP contribution is 2.20. The summed E-state index contributed by atoms with van der Waals surface area (Å²) in [6.45, 7) is 1.35. The Labute approximate surface area is 92.3 Å². The van der Waals surface area contributed by atoms with Crippen molar-refractivity contribution in [3.63, 3.8) is 0 Å². The maximum atomic E-state index is 11.1. The van der Waals surface area contributed by atoms with E-state index in [1.165, 1.54) is 6.08 Å². The number of hydrogen-bond donors (Lipinski definition) is 0. The number of carbonyl (C=O) groups is 1. The van der Waals surface area contributed by atoms with Gasteiger partial charge in [0.25, 0.3) is 0 Å². The molecule has 5 nitrogen and oxygen atoms in total. The van der Waals surface area contributed by atoms with Crippen molar-refractivity contribution in [3.8, 4) is 0 Å². The molecule has 82 valence electrons. The fourth-order valence-corrected chi connectivity index (χ4v) is 1.56. The first-order chi connectivity index (χ1) is 7.79. The van der Waals surface area contributed by atoms with Gasteiger partial charge in [-0.25, -0.2) is 4.79 Å². The molecule has 0 saturated carbocycles. The number of cyclic esters (lactones) is 1. The van der Waals surface area contributed by atoms with Gasteiger partial charge in [-0.1, -0.05) is 0 Å². The first-order valence-electron chi connectivity index (χ1n) is 4.88. The molecule has 0 aromatic heterocycles. The number of anilines is 1. The van der Waals surface area contributed by atoms with Gasteiger partial charge in [0.05, 0.1) is 12.2 Å². The summed E-state index contributed by atoms with van der Waals surface area (Å²) in [4.78, 5) is 26.5. The second kappa shape index (κ2) is 4.59. The maximum absolute atomic E-state index is 11.1. The van der Waals surface area contributed by atoms with E-state index in [-0.39, 0.29) is 12.5 Å². The molecule has 0 unspecified atom stereocenters. The summed E-state index contributed by atoms with van der Waals surface area (Å²) in [5.41, 5.74) is 1.47. The van der Waals surface area contributed by atoms with Crippen LogP contribution in [0.2, 0.25) is 0 Å². The number of isocyanates is 1. The molecule has 0 aliphatic carbocycles. The largest absolute Gasteiger partial charge is 0.462 e. The molecule has 0 bridgehead atoms. The minimum atomic E-state index is -0.221. The third kappa shape index (κ3) is 2.27. The van der Waals surface area contributed by atoms with Gasteiger partial charge in [0, 0.05) is 5.69 Å². The van der Waals surface area contributed by atoms with Gasteiger partial charge in [0.1, 0.15) is 13.2 Å². The molecule has 1 aliphatic rings. The number of hydrogen-bond acceptors (Lipinski definition) is 5. The van der Waals surface area contributed by atoms with Gasteiger partial charge in [-0.2, -0.15) is 4.99 Å². The first-order valence-corrected chi connectivity index (χ1v) is 4.88. The summed E-state index contributed by atoms with van der Waals surface area (Å²) < 4.78 is 4.84. The molecule has 0 atom stereocenters. The minimum Gasteiger partial charge on any atom is -0.462 e. The molecule has 0 N–H and O–H groups in total. The average molecular weight is 218 g/mol. The van der Waals surface area contributed by atoms with Crippen LogP contribution in [0.1, 0.15) is 0 Å². The van der Waals surface area contributed by atoms with E-state index in [1.807, 2.05) is 17.0 Å². The molecule has 2 rings (SSSR count). The van der Waals surface area contributed by atoms with Crippen LogP contribution in [0.4, 0.5) is 11.4 Å². The van der Waals surface area contributed by atoms with Crippen molar-refractivity contribution in [2.24, 2.45) is 4.99 Å². The van der Waals surface area contributed by atoms with E-state index >= 15 is 0 Å². The number of benzene rings is 1. The van der Waals surface area contributed by atoms with Gasteiger partial charge in [-0.05, 0) is 24.3 Å². The van der Waals surface area contributed by atoms with Crippen molar-refractivity contribution >= 4 is 23.4 Å². The zero-order valence-electron chi connectivity index (χ0n) is 8.55. The van der Waals surface area contributed by atoms with Gasteiger partial charge in [-0.3, -0.25) is 4.79 Å². The third-order valence-corrected chi connectivity index (χ3v) is 2.33. The fraction of sp³-hybridized carbons (Fsp3) is 0.273. The Kier molecular flexibility index (Phi) is 2.98. The van der Waals surface area contributed by atoms with E-state index in [1.54, 1.807) is 12.1 Å². The summed E-state index contributed by atoms with van der Waals surface area (Å²) in [5, 5.41) is 0. The highest BCUT2D eigenvalue weighted by molar-refractivity contribution is 5.77. The number of morpholine rings is 1. The van der Waals surface area contributed by atoms with Gasteiger partial charge in [0.2, 0.25) is 6.08 Å². The number of nitrogens with zero attached hydrogens (tertiary/aromatic N) is 2. The summed E-state index contributed by atoms with van der Waals surface area (Å²) in [7, 11) is 0. The Morgan fingerprint density at radius 1 is 1.31 bits per heavy atom. The van der Waals surface area contributed by atoms with Crippen LogP contribution in [-0.4, -0.2) is 31.7 Å². The maximum Gasteiger partial charge on any atom is 0.325 e. The Hall–Kier alpha value is -2.13. The summed E-state index contributed by atoms with van der Waals surface area (Å²) in [5.74, 6) is -0.221. The molecular formula is C11H10N2O3. The fourth-order valence-electron chi connectivity index (χ4n) is 1.56. The summed E-state index contributed by atoms with van der Waals surface area (Å²) in [6, 6.07) is 7.05. The molecule has 5 heteroatoms. The lowest BCUT2D eigenvalue weighted by Crippen LogP contribution is -2.39. The zero-order valence-corrected chi connectivity index (χ0v) is 8.55. The second-order valence-electron chi connectivity index (χ2n) is 3.36. The van der Waals surface area contributed by atoms with Crippen LogP contribution in [0.15, 0.2) is 29.3 Å². The standard InChI is InChI=1S/C11H10N2O3/c14-8-12-9-1-3-10(4-2-9)13-5-6-16-11(15)7-13/h1-4H,5-7H2. The predicted molar refractivity (Wildman–Crippen MR) is 57.4 cm³/mol. The van der Waals surface area contributed by atoms with Crippen LogP contribution in [0.25, 0.3) is 0 Å². The number of aliphatic imine (C=N–C) groups is 1. The van der Waals surface area contributed by atoms with Crippen LogP contribution in [-0.2, 0) is 14.3 Å². The SMILES string of the molecule is O=C=Nc1ccc(N2CCOC(=O)C2)cc1. The van der Waals surface area contributed by atoms with Crippen molar-refractivity contribution in [1.82, 2.24) is 0 Å². The van der Waals surface area contributed by atoms with Crippen LogP contribution in [0.5, 0.6) is 0 Å². The zero-order chi connectivity index (χ0) is 11.4. The molecule has 1 aromatic carbocycles. The lowest BCUT2D eigenvalue weighted by atomic mass is 10.2. The van der Waals surface area contributed by atoms with E-state index in [2.05, 4.69) is 4.99 Å². The van der Waals surface area contributed by atoms with Gasteiger partial charge in [-0.15, -0.1) is 0 Å². The Balaban J connectivity index is 2.14. The number of esters is 1. The van der Waals surface area contributed by atoms with Crippen LogP contribution < -0.4 is 4.90 Å². The molecule has 1 heterocycles. The van der Waals surface area contributed by atoms with Crippen molar-refractivity contribution in [2.45, 2.75) is 0 Å². The van der Waals surface area contributed by atoms with E-state index in [9.17, 15) is 9.59 Å². The first kappa shape index (κ1) is 10.4. The third-order valence-electron chi connectivity index (χ3n) is 2.33.